The minimum Gasteiger partial charge on any atom is -0.480 e. The van der Waals surface area contributed by atoms with Gasteiger partial charge in [0.1, 0.15) is 11.8 Å². The Balaban J connectivity index is 0.00000441. The molecule has 0 saturated carbocycles. The Morgan fingerprint density at radius 3 is 2.27 bits per heavy atom. The summed E-state index contributed by atoms with van der Waals surface area (Å²) >= 11 is 0. The summed E-state index contributed by atoms with van der Waals surface area (Å²) < 4.78 is 39.9. The molecule has 0 saturated heterocycles. The summed E-state index contributed by atoms with van der Waals surface area (Å²) in [7, 11) is 0. The van der Waals surface area contributed by atoms with Crippen molar-refractivity contribution < 1.29 is 27.8 Å². The number of nitrogens with one attached hydrogen (secondary N) is 1. The molecule has 0 aliphatic heterocycles. The Morgan fingerprint density at radius 2 is 1.86 bits per heavy atom. The molecule has 2 unspecified atom stereocenters. The Morgan fingerprint density at radius 1 is 1.32 bits per heavy atom. The van der Waals surface area contributed by atoms with Crippen LogP contribution in [0, 0.1) is 0 Å². The van der Waals surface area contributed by atoms with Crippen LogP contribution in [0.2, 0.25) is 0 Å². The van der Waals surface area contributed by atoms with E-state index in [0.29, 0.717) is 12.0 Å². The second-order valence-electron chi connectivity index (χ2n) is 4.68. The number of hydrogen-bond acceptors (Lipinski definition) is 3. The highest BCUT2D eigenvalue weighted by Crippen LogP contribution is 2.24. The van der Waals surface area contributed by atoms with Crippen molar-refractivity contribution >= 4 is 18.4 Å². The SMILES string of the molecule is CCCC(NC(C)c1ccc(OC(F)(F)F)cc1)C(=O)O.Cl. The van der Waals surface area contributed by atoms with Gasteiger partial charge in [-0.2, -0.15) is 0 Å². The molecule has 0 bridgehead atoms. The molecular weight excluding hydrogens is 323 g/mol. The predicted molar refractivity (Wildman–Crippen MR) is 78.3 cm³/mol. The molecule has 22 heavy (non-hydrogen) atoms. The van der Waals surface area contributed by atoms with E-state index < -0.39 is 18.4 Å². The van der Waals surface area contributed by atoms with Crippen molar-refractivity contribution in [3.05, 3.63) is 29.8 Å². The van der Waals surface area contributed by atoms with E-state index in [1.807, 2.05) is 6.92 Å². The van der Waals surface area contributed by atoms with Gasteiger partial charge in [0.15, 0.2) is 0 Å². The molecule has 2 N–H and O–H groups in total. The number of benzene rings is 1. The van der Waals surface area contributed by atoms with Gasteiger partial charge in [0.25, 0.3) is 0 Å². The second kappa shape index (κ2) is 8.85. The highest BCUT2D eigenvalue weighted by molar-refractivity contribution is 5.85. The fourth-order valence-electron chi connectivity index (χ4n) is 1.92. The Hall–Kier alpha value is -1.47. The first-order valence-corrected chi connectivity index (χ1v) is 6.57. The smallest absolute Gasteiger partial charge is 0.480 e. The number of carbonyl (C=O) groups is 1. The lowest BCUT2D eigenvalue weighted by atomic mass is 10.1. The number of hydrogen-bond donors (Lipinski definition) is 2. The normalized spacial score (nSPS) is 13.9. The number of carboxylic acids is 1. The minimum absolute atomic E-state index is 0. The van der Waals surface area contributed by atoms with Crippen molar-refractivity contribution in [2.45, 2.75) is 45.1 Å². The Kier molecular flexibility index (Phi) is 8.26. The molecule has 0 heterocycles. The lowest BCUT2D eigenvalue weighted by Crippen LogP contribution is -2.38. The van der Waals surface area contributed by atoms with Crippen molar-refractivity contribution in [2.75, 3.05) is 0 Å². The average molecular weight is 342 g/mol. The van der Waals surface area contributed by atoms with E-state index in [1.165, 1.54) is 24.3 Å². The molecule has 0 amide bonds. The summed E-state index contributed by atoms with van der Waals surface area (Å²) in [6.07, 6.45) is -3.52. The van der Waals surface area contributed by atoms with Crippen LogP contribution in [0.1, 0.15) is 38.3 Å². The molecule has 1 aromatic carbocycles. The van der Waals surface area contributed by atoms with Gasteiger partial charge in [0.2, 0.25) is 0 Å². The van der Waals surface area contributed by atoms with Crippen LogP contribution in [0.4, 0.5) is 13.2 Å². The topological polar surface area (TPSA) is 58.6 Å². The molecule has 126 valence electrons. The van der Waals surface area contributed by atoms with Crippen molar-refractivity contribution in [3.63, 3.8) is 0 Å². The third kappa shape index (κ3) is 7.00. The van der Waals surface area contributed by atoms with E-state index in [1.54, 1.807) is 6.92 Å². The van der Waals surface area contributed by atoms with Gasteiger partial charge in [0, 0.05) is 6.04 Å². The molecule has 2 atom stereocenters. The fraction of sp³-hybridized carbons (Fsp3) is 0.500. The van der Waals surface area contributed by atoms with E-state index in [2.05, 4.69) is 10.1 Å². The number of halogens is 4. The van der Waals surface area contributed by atoms with Crippen molar-refractivity contribution in [1.29, 1.82) is 0 Å². The third-order valence-corrected chi connectivity index (χ3v) is 2.94. The summed E-state index contributed by atoms with van der Waals surface area (Å²) in [6.45, 7) is 3.64. The predicted octanol–water partition coefficient (Wildman–Crippen LogP) is 3.91. The molecule has 8 heteroatoms. The first-order chi connectivity index (χ1) is 9.73. The maximum Gasteiger partial charge on any atom is 0.573 e. The van der Waals surface area contributed by atoms with Crippen LogP contribution in [0.25, 0.3) is 0 Å². The molecule has 0 spiro atoms. The molecule has 0 aromatic heterocycles. The summed E-state index contributed by atoms with van der Waals surface area (Å²) in [5.41, 5.74) is 0.687. The Labute approximate surface area is 133 Å². The van der Waals surface area contributed by atoms with Crippen LogP contribution in [0.3, 0.4) is 0 Å². The zero-order valence-corrected chi connectivity index (χ0v) is 13.0. The number of ether oxygens (including phenoxy) is 1. The number of aliphatic carboxylic acids is 1. The molecule has 0 aliphatic rings. The summed E-state index contributed by atoms with van der Waals surface area (Å²) in [5.74, 6) is -1.25. The maximum absolute atomic E-state index is 12.0. The first kappa shape index (κ1) is 20.5. The maximum atomic E-state index is 12.0. The fourth-order valence-corrected chi connectivity index (χ4v) is 1.92. The van der Waals surface area contributed by atoms with Gasteiger partial charge in [-0.15, -0.1) is 25.6 Å². The number of rotatable bonds is 7. The monoisotopic (exact) mass is 341 g/mol. The second-order valence-corrected chi connectivity index (χ2v) is 4.68. The third-order valence-electron chi connectivity index (χ3n) is 2.94. The van der Waals surface area contributed by atoms with Crippen LogP contribution in [0.15, 0.2) is 24.3 Å². The van der Waals surface area contributed by atoms with Crippen LogP contribution in [0.5, 0.6) is 5.75 Å². The molecule has 1 aromatic rings. The van der Waals surface area contributed by atoms with Gasteiger partial charge in [-0.1, -0.05) is 25.5 Å². The largest absolute Gasteiger partial charge is 0.573 e. The first-order valence-electron chi connectivity index (χ1n) is 6.57. The number of carboxylic acid groups (broad SMARTS) is 1. The van der Waals surface area contributed by atoms with Crippen molar-refractivity contribution in [2.24, 2.45) is 0 Å². The van der Waals surface area contributed by atoms with Crippen molar-refractivity contribution in [3.8, 4) is 5.75 Å². The van der Waals surface area contributed by atoms with Gasteiger partial charge in [-0.05, 0) is 31.0 Å². The van der Waals surface area contributed by atoms with Crippen molar-refractivity contribution in [1.82, 2.24) is 5.32 Å². The van der Waals surface area contributed by atoms with Crippen LogP contribution >= 0.6 is 12.4 Å². The van der Waals surface area contributed by atoms with E-state index >= 15 is 0 Å². The van der Waals surface area contributed by atoms with E-state index in [-0.39, 0.29) is 24.2 Å². The summed E-state index contributed by atoms with van der Waals surface area (Å²) in [6, 6.07) is 4.38. The van der Waals surface area contributed by atoms with Gasteiger partial charge in [-0.3, -0.25) is 10.1 Å². The molecule has 0 radical (unpaired) electrons. The summed E-state index contributed by atoms with van der Waals surface area (Å²) in [4.78, 5) is 11.1. The van der Waals surface area contributed by atoms with E-state index in [0.717, 1.165) is 6.42 Å². The van der Waals surface area contributed by atoms with Crippen LogP contribution in [-0.2, 0) is 4.79 Å². The Bertz CT molecular complexity index is 465. The minimum atomic E-state index is -4.72. The average Bonchev–Trinajstić information content (AvgIpc) is 2.36. The van der Waals surface area contributed by atoms with Gasteiger partial charge in [-0.25, -0.2) is 0 Å². The molecule has 0 aliphatic carbocycles. The van der Waals surface area contributed by atoms with E-state index in [9.17, 15) is 18.0 Å². The molecule has 4 nitrogen and oxygen atoms in total. The lowest BCUT2D eigenvalue weighted by molar-refractivity contribution is -0.274. The highest BCUT2D eigenvalue weighted by Gasteiger charge is 2.31. The highest BCUT2D eigenvalue weighted by atomic mass is 35.5. The quantitative estimate of drug-likeness (QED) is 0.789. The standard InChI is InChI=1S/C14H18F3NO3.ClH/c1-3-4-12(13(19)20)18-9(2)10-5-7-11(8-6-10)21-14(15,16)17;/h5-9,12,18H,3-4H2,1-2H3,(H,19,20);1H. The molecular formula is C14H19ClF3NO3. The summed E-state index contributed by atoms with van der Waals surface area (Å²) in [5, 5.41) is 12.0. The lowest BCUT2D eigenvalue weighted by Gasteiger charge is -2.20. The molecule has 0 fully saturated rings. The number of alkyl halides is 3. The van der Waals surface area contributed by atoms with E-state index in [4.69, 9.17) is 5.11 Å². The van der Waals surface area contributed by atoms with Gasteiger partial charge < -0.3 is 9.84 Å². The zero-order chi connectivity index (χ0) is 16.0. The van der Waals surface area contributed by atoms with Crippen LogP contribution < -0.4 is 10.1 Å². The zero-order valence-electron chi connectivity index (χ0n) is 12.2. The molecule has 1 rings (SSSR count). The van der Waals surface area contributed by atoms with Gasteiger partial charge in [0.05, 0.1) is 0 Å². The van der Waals surface area contributed by atoms with Crippen LogP contribution in [-0.4, -0.2) is 23.5 Å². The van der Waals surface area contributed by atoms with Gasteiger partial charge >= 0.3 is 12.3 Å².